The summed E-state index contributed by atoms with van der Waals surface area (Å²) in [6.45, 7) is 0.846. The van der Waals surface area contributed by atoms with Crippen LogP contribution in [0.4, 0.5) is 19.0 Å². The van der Waals surface area contributed by atoms with E-state index in [2.05, 4.69) is 10.3 Å². The Balaban J connectivity index is 0.00000341. The molecule has 0 bridgehead atoms. The van der Waals surface area contributed by atoms with Crippen molar-refractivity contribution in [2.75, 3.05) is 26.0 Å². The zero-order valence-electron chi connectivity index (χ0n) is 16.9. The van der Waals surface area contributed by atoms with Gasteiger partial charge in [-0.3, -0.25) is 14.5 Å². The minimum absolute atomic E-state index is 0. The first-order chi connectivity index (χ1) is 14.1. The highest BCUT2D eigenvalue weighted by atomic mass is 35.5. The Morgan fingerprint density at radius 2 is 2.03 bits per heavy atom. The summed E-state index contributed by atoms with van der Waals surface area (Å²) in [6, 6.07) is 6.74. The number of aromatic nitrogens is 1. The van der Waals surface area contributed by atoms with Gasteiger partial charge in [-0.1, -0.05) is 12.1 Å². The van der Waals surface area contributed by atoms with E-state index in [1.54, 1.807) is 18.3 Å². The Hall–Kier alpha value is -2.91. The maximum Gasteiger partial charge on any atom is 0.416 e. The topological polar surface area (TPSA) is 65.5 Å². The van der Waals surface area contributed by atoms with Gasteiger partial charge in [0, 0.05) is 38.0 Å². The van der Waals surface area contributed by atoms with E-state index < -0.39 is 11.7 Å². The van der Waals surface area contributed by atoms with Gasteiger partial charge in [0.15, 0.2) is 0 Å². The first-order valence-electron chi connectivity index (χ1n) is 9.18. The molecule has 0 spiro atoms. The third-order valence-corrected chi connectivity index (χ3v) is 4.57. The number of nitrogens with zero attached hydrogens (tertiary/aromatic N) is 3. The number of alkyl halides is 3. The summed E-state index contributed by atoms with van der Waals surface area (Å²) in [5.74, 6) is 0.000652. The molecule has 31 heavy (non-hydrogen) atoms. The van der Waals surface area contributed by atoms with Crippen molar-refractivity contribution in [3.63, 3.8) is 0 Å². The molecular formula is C21H22ClF3N4O2. The number of hydrogen-bond donors (Lipinski definition) is 1. The molecule has 2 amide bonds. The zero-order valence-corrected chi connectivity index (χ0v) is 17.8. The molecule has 0 radical (unpaired) electrons. The van der Waals surface area contributed by atoms with E-state index in [-0.39, 0.29) is 37.3 Å². The molecule has 6 nitrogen and oxygen atoms in total. The summed E-state index contributed by atoms with van der Waals surface area (Å²) < 4.78 is 38.5. The van der Waals surface area contributed by atoms with Crippen LogP contribution in [0, 0.1) is 0 Å². The molecule has 0 saturated carbocycles. The third-order valence-electron chi connectivity index (χ3n) is 4.57. The molecule has 0 atom stereocenters. The van der Waals surface area contributed by atoms with Gasteiger partial charge in [0.25, 0.3) is 0 Å². The van der Waals surface area contributed by atoms with E-state index in [9.17, 15) is 22.8 Å². The van der Waals surface area contributed by atoms with Gasteiger partial charge < -0.3 is 10.2 Å². The number of likely N-dealkylation sites (N-methyl/N-ethyl adjacent to an activating group) is 2. The quantitative estimate of drug-likeness (QED) is 0.717. The summed E-state index contributed by atoms with van der Waals surface area (Å²) >= 11 is 0. The van der Waals surface area contributed by atoms with E-state index in [1.807, 2.05) is 18.0 Å². The Kier molecular flexibility index (Phi) is 7.80. The van der Waals surface area contributed by atoms with Gasteiger partial charge in [0.05, 0.1) is 12.1 Å². The molecule has 1 aliphatic heterocycles. The van der Waals surface area contributed by atoms with Gasteiger partial charge in [-0.15, -0.1) is 12.4 Å². The van der Waals surface area contributed by atoms with Crippen LogP contribution >= 0.6 is 12.4 Å². The maximum absolute atomic E-state index is 12.8. The number of rotatable bonds is 4. The number of benzene rings is 1. The monoisotopic (exact) mass is 454 g/mol. The van der Waals surface area contributed by atoms with Gasteiger partial charge in [-0.25, -0.2) is 4.98 Å². The molecule has 0 saturated heterocycles. The molecule has 0 fully saturated rings. The smallest absolute Gasteiger partial charge is 0.338 e. The molecule has 2 heterocycles. The van der Waals surface area contributed by atoms with Crippen molar-refractivity contribution in [3.8, 4) is 0 Å². The minimum Gasteiger partial charge on any atom is -0.338 e. The second-order valence-electron chi connectivity index (χ2n) is 7.22. The van der Waals surface area contributed by atoms with Crippen LogP contribution in [0.3, 0.4) is 0 Å². The first kappa shape index (κ1) is 24.4. The van der Waals surface area contributed by atoms with Crippen LogP contribution in [0.5, 0.6) is 0 Å². The molecular weight excluding hydrogens is 433 g/mol. The number of carbonyl (C=O) groups is 2. The fourth-order valence-corrected chi connectivity index (χ4v) is 3.11. The Morgan fingerprint density at radius 3 is 2.74 bits per heavy atom. The van der Waals surface area contributed by atoms with Crippen LogP contribution in [0.25, 0.3) is 6.08 Å². The lowest BCUT2D eigenvalue weighted by Gasteiger charge is -2.16. The van der Waals surface area contributed by atoms with E-state index in [4.69, 9.17) is 0 Å². The maximum atomic E-state index is 12.8. The van der Waals surface area contributed by atoms with Crippen LogP contribution in [-0.4, -0.2) is 47.2 Å². The number of amides is 2. The summed E-state index contributed by atoms with van der Waals surface area (Å²) in [4.78, 5) is 31.5. The van der Waals surface area contributed by atoms with Crippen molar-refractivity contribution in [1.29, 1.82) is 0 Å². The van der Waals surface area contributed by atoms with Crippen molar-refractivity contribution in [2.45, 2.75) is 19.3 Å². The molecule has 166 valence electrons. The highest BCUT2D eigenvalue weighted by molar-refractivity contribution is 5.93. The number of hydrogen-bond acceptors (Lipinski definition) is 4. The van der Waals surface area contributed by atoms with Crippen LogP contribution in [0.15, 0.2) is 42.6 Å². The fraction of sp³-hybridized carbons (Fsp3) is 0.286. The Morgan fingerprint density at radius 1 is 1.29 bits per heavy atom. The summed E-state index contributed by atoms with van der Waals surface area (Å²) in [6.07, 6.45) is 0.0480. The lowest BCUT2D eigenvalue weighted by Crippen LogP contribution is -2.26. The molecule has 0 aliphatic carbocycles. The molecule has 1 aromatic heterocycles. The Labute approximate surface area is 184 Å². The fourth-order valence-electron chi connectivity index (χ4n) is 3.11. The average molecular weight is 455 g/mol. The normalized spacial score (nSPS) is 14.4. The number of anilines is 1. The summed E-state index contributed by atoms with van der Waals surface area (Å²) in [7, 11) is 3.34. The standard InChI is InChI=1S/C21H21F3N4O2.ClH/c1-27-12-16-8-14(10-25-20(16)26-18(29)13-27)6-7-19(30)28(2)11-15-4-3-5-17(9-15)21(22,23)24;/h3-10H,11-13H2,1-2H3,(H,25,26,29);1H/b7-6+;. The second-order valence-corrected chi connectivity index (χ2v) is 7.22. The Bertz CT molecular complexity index is 995. The molecule has 2 aromatic rings. The first-order valence-corrected chi connectivity index (χ1v) is 9.18. The van der Waals surface area contributed by atoms with Gasteiger partial charge in [0.1, 0.15) is 5.82 Å². The number of fused-ring (bicyclic) bond motifs is 1. The minimum atomic E-state index is -4.43. The molecule has 10 heteroatoms. The van der Waals surface area contributed by atoms with E-state index in [1.165, 1.54) is 24.1 Å². The zero-order chi connectivity index (χ0) is 21.9. The van der Waals surface area contributed by atoms with Crippen LogP contribution in [0.2, 0.25) is 0 Å². The van der Waals surface area contributed by atoms with Crippen molar-refractivity contribution < 1.29 is 22.8 Å². The average Bonchev–Trinajstić information content (AvgIpc) is 2.81. The van der Waals surface area contributed by atoms with Crippen LogP contribution in [-0.2, 0) is 28.9 Å². The van der Waals surface area contributed by atoms with Gasteiger partial charge in [0.2, 0.25) is 11.8 Å². The van der Waals surface area contributed by atoms with Gasteiger partial charge in [-0.2, -0.15) is 13.2 Å². The lowest BCUT2D eigenvalue weighted by atomic mass is 10.1. The third kappa shape index (κ3) is 6.53. The highest BCUT2D eigenvalue weighted by Gasteiger charge is 2.30. The van der Waals surface area contributed by atoms with Crippen molar-refractivity contribution >= 4 is 36.1 Å². The number of pyridine rings is 1. The number of nitrogens with one attached hydrogen (secondary N) is 1. The summed E-state index contributed by atoms with van der Waals surface area (Å²) in [5.41, 5.74) is 1.15. The number of halogens is 4. The van der Waals surface area contributed by atoms with E-state index in [0.717, 1.165) is 17.7 Å². The van der Waals surface area contributed by atoms with Crippen LogP contribution < -0.4 is 5.32 Å². The van der Waals surface area contributed by atoms with E-state index in [0.29, 0.717) is 23.5 Å². The van der Waals surface area contributed by atoms with Crippen molar-refractivity contribution in [2.24, 2.45) is 0 Å². The van der Waals surface area contributed by atoms with E-state index >= 15 is 0 Å². The molecule has 1 N–H and O–H groups in total. The van der Waals surface area contributed by atoms with Gasteiger partial charge >= 0.3 is 6.18 Å². The predicted molar refractivity (Wildman–Crippen MR) is 113 cm³/mol. The summed E-state index contributed by atoms with van der Waals surface area (Å²) in [5, 5.41) is 2.73. The van der Waals surface area contributed by atoms with Gasteiger partial charge in [-0.05, 0) is 42.4 Å². The lowest BCUT2D eigenvalue weighted by molar-refractivity contribution is -0.137. The highest BCUT2D eigenvalue weighted by Crippen LogP contribution is 2.29. The SMILES string of the molecule is CN1CC(=O)Nc2ncc(/C=C/C(=O)N(C)Cc3cccc(C(F)(F)F)c3)cc2C1.Cl. The molecule has 0 unspecified atom stereocenters. The second kappa shape index (κ2) is 9.93. The number of carbonyl (C=O) groups excluding carboxylic acids is 2. The predicted octanol–water partition coefficient (Wildman–Crippen LogP) is 3.58. The largest absolute Gasteiger partial charge is 0.416 e. The van der Waals surface area contributed by atoms with Crippen molar-refractivity contribution in [3.05, 3.63) is 64.9 Å². The van der Waals surface area contributed by atoms with Crippen molar-refractivity contribution in [1.82, 2.24) is 14.8 Å². The molecule has 3 rings (SSSR count). The molecule has 1 aliphatic rings. The molecule has 1 aromatic carbocycles. The van der Waals surface area contributed by atoms with Crippen LogP contribution in [0.1, 0.15) is 22.3 Å².